The van der Waals surface area contributed by atoms with Crippen molar-refractivity contribution in [3.63, 3.8) is 0 Å². The molecule has 1 aromatic heterocycles. The standard InChI is InChI=1S/C18H16ClN3O/c19-13-9-7-12(8-10-13)16-6-3-11-22(16)18(23)17-14-4-1-2-5-15(14)20-21-17/h1-2,4-5,7-10,16H,3,6,11H2,(H,20,21)/t16-/m0/s1. The lowest BCUT2D eigenvalue weighted by atomic mass is 10.0. The van der Waals surface area contributed by atoms with Crippen molar-refractivity contribution < 1.29 is 4.79 Å². The van der Waals surface area contributed by atoms with Gasteiger partial charge in [-0.05, 0) is 36.6 Å². The first kappa shape index (κ1) is 14.3. The SMILES string of the molecule is O=C(c1n[nH]c2ccccc12)N1CCC[C@H]1c1ccc(Cl)cc1. The van der Waals surface area contributed by atoms with Crippen LogP contribution in [0.5, 0.6) is 0 Å². The molecule has 23 heavy (non-hydrogen) atoms. The van der Waals surface area contributed by atoms with Crippen molar-refractivity contribution in [1.29, 1.82) is 0 Å². The summed E-state index contributed by atoms with van der Waals surface area (Å²) in [4.78, 5) is 14.9. The zero-order valence-corrected chi connectivity index (χ0v) is 13.3. The van der Waals surface area contributed by atoms with Gasteiger partial charge in [0.05, 0.1) is 11.6 Å². The van der Waals surface area contributed by atoms with Crippen LogP contribution in [0.15, 0.2) is 48.5 Å². The Morgan fingerprint density at radius 1 is 1.17 bits per heavy atom. The monoisotopic (exact) mass is 325 g/mol. The predicted molar refractivity (Wildman–Crippen MR) is 90.6 cm³/mol. The summed E-state index contributed by atoms with van der Waals surface area (Å²) < 4.78 is 0. The van der Waals surface area contributed by atoms with E-state index in [1.807, 2.05) is 53.4 Å². The number of nitrogens with one attached hydrogen (secondary N) is 1. The van der Waals surface area contributed by atoms with Crippen molar-refractivity contribution in [2.24, 2.45) is 0 Å². The third kappa shape index (κ3) is 2.49. The van der Waals surface area contributed by atoms with Crippen LogP contribution in [0.4, 0.5) is 0 Å². The third-order valence-electron chi connectivity index (χ3n) is 4.44. The number of likely N-dealkylation sites (tertiary alicyclic amines) is 1. The number of aromatic amines is 1. The van der Waals surface area contributed by atoms with Crippen LogP contribution in [0, 0.1) is 0 Å². The summed E-state index contributed by atoms with van der Waals surface area (Å²) in [7, 11) is 0. The van der Waals surface area contributed by atoms with Gasteiger partial charge in [0, 0.05) is 17.0 Å². The molecule has 0 bridgehead atoms. The van der Waals surface area contributed by atoms with E-state index in [0.717, 1.165) is 35.9 Å². The van der Waals surface area contributed by atoms with Crippen molar-refractivity contribution in [3.05, 3.63) is 64.8 Å². The van der Waals surface area contributed by atoms with E-state index < -0.39 is 0 Å². The van der Waals surface area contributed by atoms with E-state index in [1.54, 1.807) is 0 Å². The van der Waals surface area contributed by atoms with Crippen molar-refractivity contribution in [3.8, 4) is 0 Å². The molecule has 0 saturated carbocycles. The van der Waals surface area contributed by atoms with Crippen molar-refractivity contribution in [2.75, 3.05) is 6.54 Å². The minimum absolute atomic E-state index is 0.0140. The average Bonchev–Trinajstić information content (AvgIpc) is 3.22. The van der Waals surface area contributed by atoms with Crippen LogP contribution >= 0.6 is 11.6 Å². The van der Waals surface area contributed by atoms with E-state index in [9.17, 15) is 4.79 Å². The molecule has 0 radical (unpaired) electrons. The van der Waals surface area contributed by atoms with E-state index in [4.69, 9.17) is 11.6 Å². The zero-order valence-electron chi connectivity index (χ0n) is 12.5. The highest BCUT2D eigenvalue weighted by Crippen LogP contribution is 2.34. The number of nitrogens with zero attached hydrogens (tertiary/aromatic N) is 2. The van der Waals surface area contributed by atoms with Crippen LogP contribution in [-0.2, 0) is 0 Å². The second kappa shape index (κ2) is 5.70. The first-order valence-corrected chi connectivity index (χ1v) is 8.11. The summed E-state index contributed by atoms with van der Waals surface area (Å²) in [6.45, 7) is 0.757. The smallest absolute Gasteiger partial charge is 0.275 e. The van der Waals surface area contributed by atoms with E-state index in [0.29, 0.717) is 10.7 Å². The second-order valence-corrected chi connectivity index (χ2v) is 6.26. The second-order valence-electron chi connectivity index (χ2n) is 5.83. The third-order valence-corrected chi connectivity index (χ3v) is 4.69. The number of fused-ring (bicyclic) bond motifs is 1. The molecule has 1 aliphatic heterocycles. The van der Waals surface area contributed by atoms with Gasteiger partial charge in [0.2, 0.25) is 0 Å². The quantitative estimate of drug-likeness (QED) is 0.768. The summed E-state index contributed by atoms with van der Waals surface area (Å²) >= 11 is 5.97. The molecular formula is C18H16ClN3O. The van der Waals surface area contributed by atoms with Crippen LogP contribution in [0.3, 0.4) is 0 Å². The fourth-order valence-electron chi connectivity index (χ4n) is 3.30. The molecule has 2 aromatic carbocycles. The predicted octanol–water partition coefficient (Wildman–Crippen LogP) is 4.19. The molecule has 116 valence electrons. The highest BCUT2D eigenvalue weighted by Gasteiger charge is 2.32. The van der Waals surface area contributed by atoms with E-state index in [2.05, 4.69) is 10.2 Å². The van der Waals surface area contributed by atoms with Gasteiger partial charge in [0.15, 0.2) is 5.69 Å². The van der Waals surface area contributed by atoms with Crippen molar-refractivity contribution >= 4 is 28.4 Å². The maximum Gasteiger partial charge on any atom is 0.275 e. The Kier molecular flexibility index (Phi) is 3.54. The van der Waals surface area contributed by atoms with Gasteiger partial charge in [-0.3, -0.25) is 9.89 Å². The Labute approximate surface area is 139 Å². The number of rotatable bonds is 2. The van der Waals surface area contributed by atoms with Crippen molar-refractivity contribution in [1.82, 2.24) is 15.1 Å². The molecular weight excluding hydrogens is 310 g/mol. The molecule has 1 amide bonds. The molecule has 0 unspecified atom stereocenters. The zero-order chi connectivity index (χ0) is 15.8. The Balaban J connectivity index is 1.68. The Bertz CT molecular complexity index is 856. The first-order valence-electron chi connectivity index (χ1n) is 7.73. The van der Waals surface area contributed by atoms with Gasteiger partial charge in [0.1, 0.15) is 0 Å². The fourth-order valence-corrected chi connectivity index (χ4v) is 3.43. The molecule has 0 spiro atoms. The van der Waals surface area contributed by atoms with Gasteiger partial charge in [0.25, 0.3) is 5.91 Å². The molecule has 1 atom stereocenters. The molecule has 1 saturated heterocycles. The van der Waals surface area contributed by atoms with E-state index >= 15 is 0 Å². The number of carbonyl (C=O) groups is 1. The molecule has 1 fully saturated rings. The largest absolute Gasteiger partial charge is 0.330 e. The summed E-state index contributed by atoms with van der Waals surface area (Å²) in [5.41, 5.74) is 2.51. The highest BCUT2D eigenvalue weighted by molar-refractivity contribution is 6.30. The van der Waals surface area contributed by atoms with Gasteiger partial charge < -0.3 is 4.90 Å². The molecule has 2 heterocycles. The number of aromatic nitrogens is 2. The van der Waals surface area contributed by atoms with Crippen molar-refractivity contribution in [2.45, 2.75) is 18.9 Å². The fraction of sp³-hybridized carbons (Fsp3) is 0.222. The number of benzene rings is 2. The topological polar surface area (TPSA) is 49.0 Å². The number of carbonyl (C=O) groups excluding carboxylic acids is 1. The van der Waals surface area contributed by atoms with Crippen LogP contribution in [0.1, 0.15) is 34.9 Å². The first-order chi connectivity index (χ1) is 11.2. The molecule has 3 aromatic rings. The normalized spacial score (nSPS) is 17.8. The summed E-state index contributed by atoms with van der Waals surface area (Å²) in [5, 5.41) is 8.77. The lowest BCUT2D eigenvalue weighted by Gasteiger charge is -2.24. The van der Waals surface area contributed by atoms with E-state index in [1.165, 1.54) is 0 Å². The summed E-state index contributed by atoms with van der Waals surface area (Å²) in [5.74, 6) is -0.0140. The molecule has 5 heteroatoms. The molecule has 4 rings (SSSR count). The molecule has 1 aliphatic rings. The Morgan fingerprint density at radius 3 is 2.78 bits per heavy atom. The van der Waals surface area contributed by atoms with Gasteiger partial charge in [-0.1, -0.05) is 41.9 Å². The summed E-state index contributed by atoms with van der Waals surface area (Å²) in [6.07, 6.45) is 1.97. The Hall–Kier alpha value is -2.33. The van der Waals surface area contributed by atoms with Gasteiger partial charge >= 0.3 is 0 Å². The number of para-hydroxylation sites is 1. The minimum atomic E-state index is -0.0140. The molecule has 4 nitrogen and oxygen atoms in total. The van der Waals surface area contributed by atoms with Gasteiger partial charge in [-0.15, -0.1) is 0 Å². The van der Waals surface area contributed by atoms with Gasteiger partial charge in [-0.2, -0.15) is 5.10 Å². The minimum Gasteiger partial charge on any atom is -0.330 e. The van der Waals surface area contributed by atoms with Crippen LogP contribution in [0.25, 0.3) is 10.9 Å². The van der Waals surface area contributed by atoms with Crippen LogP contribution < -0.4 is 0 Å². The number of halogens is 1. The lowest BCUT2D eigenvalue weighted by molar-refractivity contribution is 0.0731. The van der Waals surface area contributed by atoms with E-state index in [-0.39, 0.29) is 11.9 Å². The highest BCUT2D eigenvalue weighted by atomic mass is 35.5. The van der Waals surface area contributed by atoms with Crippen LogP contribution in [0.2, 0.25) is 5.02 Å². The average molecular weight is 326 g/mol. The number of hydrogen-bond donors (Lipinski definition) is 1. The molecule has 0 aliphatic carbocycles. The summed E-state index contributed by atoms with van der Waals surface area (Å²) in [6, 6.07) is 15.6. The number of hydrogen-bond acceptors (Lipinski definition) is 2. The maximum atomic E-state index is 13.0. The molecule has 1 N–H and O–H groups in total. The Morgan fingerprint density at radius 2 is 1.96 bits per heavy atom. The number of H-pyrrole nitrogens is 1. The van der Waals surface area contributed by atoms with Gasteiger partial charge in [-0.25, -0.2) is 0 Å². The van der Waals surface area contributed by atoms with Crippen LogP contribution in [-0.4, -0.2) is 27.5 Å². The number of amides is 1. The lowest BCUT2D eigenvalue weighted by Crippen LogP contribution is -2.31. The maximum absolute atomic E-state index is 13.0.